The number of hydrogen-bond donors (Lipinski definition) is 0. The Hall–Kier alpha value is -0.0200. The molecule has 0 amide bonds. The van der Waals surface area contributed by atoms with Crippen molar-refractivity contribution in [3.63, 3.8) is 0 Å². The van der Waals surface area contributed by atoms with Gasteiger partial charge in [-0.25, -0.2) is 4.57 Å². The topological polar surface area (TPSA) is 44.8 Å². The van der Waals surface area contributed by atoms with Crippen LogP contribution in [0.1, 0.15) is 27.2 Å². The predicted octanol–water partition coefficient (Wildman–Crippen LogP) is 2.39. The van der Waals surface area contributed by atoms with E-state index in [4.69, 9.17) is 9.47 Å². The van der Waals surface area contributed by atoms with Gasteiger partial charge in [-0.05, 0) is 20.8 Å². The molecule has 0 fully saturated rings. The van der Waals surface area contributed by atoms with Crippen molar-refractivity contribution < 1.29 is 18.6 Å². The van der Waals surface area contributed by atoms with E-state index >= 15 is 0 Å². The van der Waals surface area contributed by atoms with E-state index in [0.29, 0.717) is 26.2 Å². The van der Waals surface area contributed by atoms with Gasteiger partial charge in [0.25, 0.3) is 0 Å². The third-order valence-corrected chi connectivity index (χ3v) is 1.89. The molecular weight excluding hydrogens is 191 g/mol. The maximum atomic E-state index is 10.00. The lowest BCUT2D eigenvalue weighted by atomic mass is 10.2. The summed E-state index contributed by atoms with van der Waals surface area (Å²) in [4.78, 5) is 0. The van der Waals surface area contributed by atoms with Crippen molar-refractivity contribution in [2.75, 3.05) is 19.8 Å². The molecule has 0 aromatic carbocycles. The van der Waals surface area contributed by atoms with E-state index in [1.54, 1.807) is 0 Å². The molecule has 4 nitrogen and oxygen atoms in total. The van der Waals surface area contributed by atoms with Crippen molar-refractivity contribution in [2.45, 2.75) is 33.0 Å². The van der Waals surface area contributed by atoms with Crippen molar-refractivity contribution in [1.82, 2.24) is 0 Å². The van der Waals surface area contributed by atoms with Crippen molar-refractivity contribution >= 4 is 8.69 Å². The zero-order valence-corrected chi connectivity index (χ0v) is 9.30. The van der Waals surface area contributed by atoms with E-state index < -0.39 is 5.79 Å². The van der Waals surface area contributed by atoms with E-state index in [2.05, 4.69) is 4.52 Å². The lowest BCUT2D eigenvalue weighted by molar-refractivity contribution is -0.226. The highest BCUT2D eigenvalue weighted by Gasteiger charge is 2.24. The van der Waals surface area contributed by atoms with Crippen LogP contribution in [0.2, 0.25) is 0 Å². The van der Waals surface area contributed by atoms with Crippen LogP contribution in [0.15, 0.2) is 0 Å². The highest BCUT2D eigenvalue weighted by molar-refractivity contribution is 7.17. The Labute approximate surface area is 80.8 Å². The van der Waals surface area contributed by atoms with Crippen LogP contribution in [0.3, 0.4) is 0 Å². The van der Waals surface area contributed by atoms with Crippen LogP contribution in [0, 0.1) is 0 Å². The molecule has 0 aliphatic heterocycles. The minimum Gasteiger partial charge on any atom is -0.350 e. The molecule has 0 radical (unpaired) electrons. The second kappa shape index (κ2) is 7.39. The molecular formula is C8H17O4P. The lowest BCUT2D eigenvalue weighted by Crippen LogP contribution is -2.33. The Balaban J connectivity index is 3.83. The summed E-state index contributed by atoms with van der Waals surface area (Å²) >= 11 is 0. The molecule has 0 aliphatic rings. The summed E-state index contributed by atoms with van der Waals surface area (Å²) < 4.78 is 25.5. The van der Waals surface area contributed by atoms with Crippen LogP contribution in [0.5, 0.6) is 0 Å². The van der Waals surface area contributed by atoms with Crippen LogP contribution in [-0.2, 0) is 18.6 Å². The van der Waals surface area contributed by atoms with Crippen molar-refractivity contribution in [3.05, 3.63) is 0 Å². The molecule has 0 N–H and O–H groups in total. The van der Waals surface area contributed by atoms with Gasteiger partial charge in [-0.3, -0.25) is 4.52 Å². The van der Waals surface area contributed by atoms with E-state index in [1.165, 1.54) is 0 Å². The van der Waals surface area contributed by atoms with Crippen LogP contribution >= 0.6 is 8.69 Å². The SMILES string of the molecule is CCOC(C)(CCOP=O)OCC. The molecule has 0 saturated carbocycles. The first-order valence-electron chi connectivity index (χ1n) is 4.41. The summed E-state index contributed by atoms with van der Waals surface area (Å²) in [5.74, 6) is -0.617. The third kappa shape index (κ3) is 6.11. The Morgan fingerprint density at radius 3 is 2.15 bits per heavy atom. The molecule has 13 heavy (non-hydrogen) atoms. The monoisotopic (exact) mass is 208 g/mol. The van der Waals surface area contributed by atoms with Gasteiger partial charge in [0.15, 0.2) is 5.79 Å². The molecule has 0 bridgehead atoms. The highest BCUT2D eigenvalue weighted by atomic mass is 31.1. The molecule has 0 saturated heterocycles. The molecule has 78 valence electrons. The Morgan fingerprint density at radius 2 is 1.77 bits per heavy atom. The van der Waals surface area contributed by atoms with Crippen molar-refractivity contribution in [3.8, 4) is 0 Å². The summed E-state index contributed by atoms with van der Waals surface area (Å²) in [6.45, 7) is 7.21. The molecule has 0 unspecified atom stereocenters. The third-order valence-electron chi connectivity index (χ3n) is 1.60. The van der Waals surface area contributed by atoms with Crippen molar-refractivity contribution in [2.24, 2.45) is 0 Å². The van der Waals surface area contributed by atoms with Gasteiger partial charge in [0.2, 0.25) is 0 Å². The fraction of sp³-hybridized carbons (Fsp3) is 1.00. The van der Waals surface area contributed by atoms with Crippen LogP contribution in [0.25, 0.3) is 0 Å². The second-order valence-corrected chi connectivity index (χ2v) is 3.06. The first-order chi connectivity index (χ1) is 6.18. The van der Waals surface area contributed by atoms with Crippen LogP contribution in [-0.4, -0.2) is 25.6 Å². The smallest absolute Gasteiger partial charge is 0.327 e. The zero-order valence-electron chi connectivity index (χ0n) is 8.41. The Kier molecular flexibility index (Phi) is 7.38. The fourth-order valence-electron chi connectivity index (χ4n) is 1.06. The first kappa shape index (κ1) is 13.0. The van der Waals surface area contributed by atoms with Gasteiger partial charge >= 0.3 is 8.69 Å². The van der Waals surface area contributed by atoms with Crippen LogP contribution < -0.4 is 0 Å². The van der Waals surface area contributed by atoms with E-state index in [1.807, 2.05) is 20.8 Å². The van der Waals surface area contributed by atoms with E-state index in [-0.39, 0.29) is 8.69 Å². The molecule has 0 atom stereocenters. The second-order valence-electron chi connectivity index (χ2n) is 2.66. The van der Waals surface area contributed by atoms with Gasteiger partial charge in [-0.1, -0.05) is 0 Å². The van der Waals surface area contributed by atoms with Crippen molar-refractivity contribution in [1.29, 1.82) is 0 Å². The standard InChI is InChI=1S/C8H17O4P/c1-4-10-8(3,11-5-2)6-7-12-13-9/h4-7H2,1-3H3. The number of ether oxygens (including phenoxy) is 2. The normalized spacial score (nSPS) is 12.2. The van der Waals surface area contributed by atoms with Gasteiger partial charge in [0.05, 0.1) is 6.61 Å². The summed E-state index contributed by atoms with van der Waals surface area (Å²) in [7, 11) is -0.298. The minimum atomic E-state index is -0.617. The number of hydrogen-bond acceptors (Lipinski definition) is 4. The maximum absolute atomic E-state index is 10.00. The zero-order chi connectivity index (χ0) is 10.2. The average molecular weight is 208 g/mol. The molecule has 0 aromatic rings. The van der Waals surface area contributed by atoms with Gasteiger partial charge < -0.3 is 9.47 Å². The first-order valence-corrected chi connectivity index (χ1v) is 5.14. The molecule has 0 aliphatic carbocycles. The predicted molar refractivity (Wildman–Crippen MR) is 49.8 cm³/mol. The average Bonchev–Trinajstić information content (AvgIpc) is 2.05. The summed E-state index contributed by atoms with van der Waals surface area (Å²) in [6.07, 6.45) is 0.573. The van der Waals surface area contributed by atoms with E-state index in [0.717, 1.165) is 0 Å². The largest absolute Gasteiger partial charge is 0.350 e. The molecule has 0 heterocycles. The van der Waals surface area contributed by atoms with Gasteiger partial charge in [-0.15, -0.1) is 0 Å². The van der Waals surface area contributed by atoms with Gasteiger partial charge in [-0.2, -0.15) is 0 Å². The lowest BCUT2D eigenvalue weighted by Gasteiger charge is -2.28. The van der Waals surface area contributed by atoms with Gasteiger partial charge in [0, 0.05) is 19.6 Å². The molecule has 5 heteroatoms. The summed E-state index contributed by atoms with van der Waals surface area (Å²) in [5, 5.41) is 0. The highest BCUT2D eigenvalue weighted by Crippen LogP contribution is 2.18. The minimum absolute atomic E-state index is 0.298. The molecule has 0 spiro atoms. The quantitative estimate of drug-likeness (QED) is 0.349. The summed E-state index contributed by atoms with van der Waals surface area (Å²) in [5.41, 5.74) is 0. The molecule has 0 rings (SSSR count). The maximum Gasteiger partial charge on any atom is 0.327 e. The van der Waals surface area contributed by atoms with Gasteiger partial charge in [0.1, 0.15) is 0 Å². The summed E-state index contributed by atoms with van der Waals surface area (Å²) in [6, 6.07) is 0. The Bertz CT molecular complexity index is 134. The fourth-order valence-corrected chi connectivity index (χ4v) is 1.23. The van der Waals surface area contributed by atoms with Crippen LogP contribution in [0.4, 0.5) is 0 Å². The Morgan fingerprint density at radius 1 is 1.23 bits per heavy atom. The number of rotatable bonds is 8. The molecule has 0 aromatic heterocycles. The van der Waals surface area contributed by atoms with E-state index in [9.17, 15) is 4.57 Å².